The largest absolute Gasteiger partial charge is 0.463 e. The van der Waals surface area contributed by atoms with Crippen LogP contribution in [0.4, 0.5) is 4.39 Å². The van der Waals surface area contributed by atoms with E-state index in [-0.39, 0.29) is 46.7 Å². The fraction of sp³-hybridized carbons (Fsp3) is 0.350. The van der Waals surface area contributed by atoms with Crippen molar-refractivity contribution in [2.75, 3.05) is 13.2 Å². The predicted octanol–water partition coefficient (Wildman–Crippen LogP) is 2.39. The summed E-state index contributed by atoms with van der Waals surface area (Å²) in [6.45, 7) is 5.03. The molecule has 0 bridgehead atoms. The molecule has 29 heavy (non-hydrogen) atoms. The molecule has 2 atom stereocenters. The van der Waals surface area contributed by atoms with Crippen LogP contribution in [0.25, 0.3) is 0 Å². The topological polar surface area (TPSA) is 98.9 Å². The van der Waals surface area contributed by atoms with Crippen LogP contribution in [-0.4, -0.2) is 41.2 Å². The van der Waals surface area contributed by atoms with Gasteiger partial charge in [0.2, 0.25) is 5.91 Å². The Hall–Kier alpha value is -2.81. The number of halogens is 1. The van der Waals surface area contributed by atoms with Gasteiger partial charge in [0.15, 0.2) is 0 Å². The Bertz CT molecular complexity index is 943. The number of nitrogens with zero attached hydrogens (tertiary/aromatic N) is 1. The summed E-state index contributed by atoms with van der Waals surface area (Å²) in [7, 11) is 0. The molecule has 1 amide bonds. The predicted molar refractivity (Wildman–Crippen MR) is 105 cm³/mol. The first-order valence-corrected chi connectivity index (χ1v) is 10.0. The van der Waals surface area contributed by atoms with Gasteiger partial charge in [0.25, 0.3) is 0 Å². The summed E-state index contributed by atoms with van der Waals surface area (Å²) in [4.78, 5) is 39.5. The van der Waals surface area contributed by atoms with E-state index in [2.05, 4.69) is 0 Å². The van der Waals surface area contributed by atoms with Gasteiger partial charge in [0.1, 0.15) is 11.6 Å². The third-order valence-corrected chi connectivity index (χ3v) is 5.77. The highest BCUT2D eigenvalue weighted by molar-refractivity contribution is 8.04. The third kappa shape index (κ3) is 3.50. The van der Waals surface area contributed by atoms with Gasteiger partial charge in [0, 0.05) is 5.56 Å². The molecule has 1 fully saturated rings. The Morgan fingerprint density at radius 2 is 1.72 bits per heavy atom. The molecule has 2 heterocycles. The van der Waals surface area contributed by atoms with Crippen molar-refractivity contribution < 1.29 is 28.2 Å². The van der Waals surface area contributed by atoms with Crippen LogP contribution < -0.4 is 5.73 Å². The van der Waals surface area contributed by atoms with E-state index in [1.165, 1.54) is 18.2 Å². The van der Waals surface area contributed by atoms with Crippen molar-refractivity contribution >= 4 is 29.6 Å². The maximum atomic E-state index is 14.8. The van der Waals surface area contributed by atoms with E-state index in [4.69, 9.17) is 15.2 Å². The first-order valence-electron chi connectivity index (χ1n) is 9.16. The molecule has 2 aliphatic heterocycles. The SMILES string of the molecule is CCOC(=O)C1=C(N)N2C(=O)[C@@H](C)SC2=C(C(=O)OCC)[C@@H]1c1ccccc1F. The van der Waals surface area contributed by atoms with Crippen molar-refractivity contribution in [2.45, 2.75) is 31.9 Å². The van der Waals surface area contributed by atoms with Gasteiger partial charge >= 0.3 is 11.9 Å². The van der Waals surface area contributed by atoms with E-state index in [1.54, 1.807) is 26.8 Å². The zero-order valence-electron chi connectivity index (χ0n) is 16.2. The molecule has 0 radical (unpaired) electrons. The average molecular weight is 420 g/mol. The van der Waals surface area contributed by atoms with Crippen molar-refractivity contribution in [1.29, 1.82) is 0 Å². The Labute approximate surface area is 171 Å². The molecule has 7 nitrogen and oxygen atoms in total. The number of esters is 2. The molecule has 154 valence electrons. The number of rotatable bonds is 5. The number of ether oxygens (including phenoxy) is 2. The maximum absolute atomic E-state index is 14.8. The van der Waals surface area contributed by atoms with Crippen LogP contribution >= 0.6 is 11.8 Å². The fourth-order valence-corrected chi connectivity index (χ4v) is 4.53. The minimum Gasteiger partial charge on any atom is -0.463 e. The van der Waals surface area contributed by atoms with E-state index in [0.29, 0.717) is 0 Å². The van der Waals surface area contributed by atoms with E-state index < -0.39 is 28.9 Å². The van der Waals surface area contributed by atoms with E-state index >= 15 is 0 Å². The lowest BCUT2D eigenvalue weighted by atomic mass is 9.82. The fourth-order valence-electron chi connectivity index (χ4n) is 3.37. The molecule has 0 saturated carbocycles. The molecule has 0 unspecified atom stereocenters. The van der Waals surface area contributed by atoms with Gasteiger partial charge in [-0.3, -0.25) is 9.69 Å². The molecule has 0 aromatic heterocycles. The van der Waals surface area contributed by atoms with Crippen molar-refractivity contribution in [3.05, 3.63) is 57.6 Å². The zero-order valence-corrected chi connectivity index (χ0v) is 17.0. The van der Waals surface area contributed by atoms with Crippen molar-refractivity contribution in [2.24, 2.45) is 5.73 Å². The molecule has 9 heteroatoms. The summed E-state index contributed by atoms with van der Waals surface area (Å²) in [5, 5.41) is -0.282. The first-order chi connectivity index (χ1) is 13.8. The maximum Gasteiger partial charge on any atom is 0.338 e. The van der Waals surface area contributed by atoms with Crippen LogP contribution in [0.2, 0.25) is 0 Å². The van der Waals surface area contributed by atoms with Gasteiger partial charge in [-0.15, -0.1) is 0 Å². The molecule has 3 rings (SSSR count). The van der Waals surface area contributed by atoms with Gasteiger partial charge in [-0.1, -0.05) is 30.0 Å². The standard InChI is InChI=1S/C20H21FN2O5S/c1-4-27-19(25)14-13(11-8-6-7-9-12(11)21)15(20(26)28-5-2)18-23(16(14)22)17(24)10(3)29-18/h6-10,13H,4-5,22H2,1-3H3/t10-,13-/m1/s1. The quantitative estimate of drug-likeness (QED) is 0.730. The molecule has 1 aromatic carbocycles. The summed E-state index contributed by atoms with van der Waals surface area (Å²) in [5.41, 5.74) is 6.13. The number of hydrogen-bond acceptors (Lipinski definition) is 7. The number of nitrogens with two attached hydrogens (primary N) is 1. The summed E-state index contributed by atoms with van der Waals surface area (Å²) >= 11 is 1.12. The highest BCUT2D eigenvalue weighted by atomic mass is 32.2. The Balaban J connectivity index is 2.32. The minimum absolute atomic E-state index is 0.00287. The highest BCUT2D eigenvalue weighted by Crippen LogP contribution is 2.50. The molecule has 1 aromatic rings. The number of hydrogen-bond donors (Lipinski definition) is 1. The van der Waals surface area contributed by atoms with Crippen LogP contribution in [0.3, 0.4) is 0 Å². The van der Waals surface area contributed by atoms with Crippen molar-refractivity contribution in [3.8, 4) is 0 Å². The highest BCUT2D eigenvalue weighted by Gasteiger charge is 2.49. The lowest BCUT2D eigenvalue weighted by molar-refractivity contribution is -0.139. The number of amides is 1. The molecular formula is C20H21FN2O5S. The number of carbonyl (C=O) groups is 3. The lowest BCUT2D eigenvalue weighted by Crippen LogP contribution is -2.40. The molecule has 1 saturated heterocycles. The van der Waals surface area contributed by atoms with E-state index in [0.717, 1.165) is 16.7 Å². The molecule has 2 aliphatic rings. The molecular weight excluding hydrogens is 399 g/mol. The van der Waals surface area contributed by atoms with Crippen molar-refractivity contribution in [1.82, 2.24) is 4.90 Å². The van der Waals surface area contributed by atoms with Gasteiger partial charge < -0.3 is 15.2 Å². The summed E-state index contributed by atoms with van der Waals surface area (Å²) in [6.07, 6.45) is 0. The number of thioether (sulfide) groups is 1. The average Bonchev–Trinajstić information content (AvgIpc) is 2.97. The smallest absolute Gasteiger partial charge is 0.338 e. The summed E-state index contributed by atoms with van der Waals surface area (Å²) in [6, 6.07) is 5.78. The molecule has 0 spiro atoms. The Morgan fingerprint density at radius 1 is 1.14 bits per heavy atom. The van der Waals surface area contributed by atoms with Crippen LogP contribution in [0.1, 0.15) is 32.3 Å². The number of fused-ring (bicyclic) bond motifs is 1. The zero-order chi connectivity index (χ0) is 21.3. The molecule has 2 N–H and O–H groups in total. The second kappa shape index (κ2) is 8.28. The number of carbonyl (C=O) groups excluding carboxylic acids is 3. The minimum atomic E-state index is -1.16. The number of benzene rings is 1. The molecule has 0 aliphatic carbocycles. The second-order valence-electron chi connectivity index (χ2n) is 6.35. The van der Waals surface area contributed by atoms with E-state index in [9.17, 15) is 18.8 Å². The second-order valence-corrected chi connectivity index (χ2v) is 7.68. The Morgan fingerprint density at radius 3 is 2.31 bits per heavy atom. The normalized spacial score (nSPS) is 21.4. The summed E-state index contributed by atoms with van der Waals surface area (Å²) in [5.74, 6) is -3.89. The lowest BCUT2D eigenvalue weighted by Gasteiger charge is -2.33. The summed E-state index contributed by atoms with van der Waals surface area (Å²) < 4.78 is 25.1. The van der Waals surface area contributed by atoms with Crippen molar-refractivity contribution in [3.63, 3.8) is 0 Å². The van der Waals surface area contributed by atoms with Gasteiger partial charge in [-0.05, 0) is 26.8 Å². The van der Waals surface area contributed by atoms with Crippen LogP contribution in [0, 0.1) is 5.82 Å². The monoisotopic (exact) mass is 420 g/mol. The Kier molecular flexibility index (Phi) is 5.97. The van der Waals surface area contributed by atoms with Gasteiger partial charge in [-0.2, -0.15) is 0 Å². The third-order valence-electron chi connectivity index (χ3n) is 4.59. The first kappa shape index (κ1) is 20.9. The van der Waals surface area contributed by atoms with Gasteiger partial charge in [0.05, 0.1) is 40.6 Å². The van der Waals surface area contributed by atoms with Crippen LogP contribution in [0.15, 0.2) is 46.3 Å². The van der Waals surface area contributed by atoms with E-state index in [1.807, 2.05) is 0 Å². The van der Waals surface area contributed by atoms with Crippen LogP contribution in [0.5, 0.6) is 0 Å². The van der Waals surface area contributed by atoms with Crippen LogP contribution in [-0.2, 0) is 23.9 Å². The van der Waals surface area contributed by atoms with Gasteiger partial charge in [-0.25, -0.2) is 14.0 Å².